The van der Waals surface area contributed by atoms with Crippen LogP contribution in [0, 0.1) is 40.9 Å². The maximum atomic E-state index is 12.1. The van der Waals surface area contributed by atoms with Gasteiger partial charge < -0.3 is 9.84 Å². The molecule has 196 valence electrons. The number of aliphatic hydroxyl groups excluding tert-OH is 1. The molecule has 0 unspecified atom stereocenters. The van der Waals surface area contributed by atoms with Crippen molar-refractivity contribution >= 4 is 5.97 Å². The fourth-order valence-electron chi connectivity index (χ4n) is 6.69. The summed E-state index contributed by atoms with van der Waals surface area (Å²) in [5, 5.41) is 10.6. The predicted molar refractivity (Wildman–Crippen MR) is 146 cm³/mol. The molecule has 1 N–H and O–H groups in total. The lowest BCUT2D eigenvalue weighted by molar-refractivity contribution is -0.154. The average Bonchev–Trinajstić information content (AvgIpc) is 3.15. The molecule has 0 heterocycles. The van der Waals surface area contributed by atoms with Crippen molar-refractivity contribution in [2.75, 3.05) is 0 Å². The van der Waals surface area contributed by atoms with Crippen molar-refractivity contribution in [3.8, 4) is 0 Å². The standard InChI is InChI=1S/C32H50O3/c1-20(2)22(5)11-12-23(6)28-15-16-29-25(10-9-17-32(28,29)8)13-14-26-18-27(19-30(33)24(26)7)35-31(34)21(3)4/h11-14,20-23,27-30,33H,7,9-10,15-19H2,1-6,8H3/b12-11+,25-13-,26-14+/t22-,23+,27+,28+,29-,30-,32+/m0/s1. The second kappa shape index (κ2) is 11.6. The molecule has 7 atom stereocenters. The van der Waals surface area contributed by atoms with E-state index in [1.54, 1.807) is 5.57 Å². The SMILES string of the molecule is C=C1/C(=C/C=C2/CCC[C@]3(C)[C@@H]([C@H](C)/C=C/[C@H](C)C(C)C)CC[C@@H]23)C[C@@H](OC(=O)C(C)C)C[C@@H]1O. The molecule has 0 aromatic carbocycles. The zero-order valence-corrected chi connectivity index (χ0v) is 23.3. The molecule has 0 aromatic rings. The van der Waals surface area contributed by atoms with E-state index in [9.17, 15) is 9.90 Å². The average molecular weight is 483 g/mol. The zero-order chi connectivity index (χ0) is 25.9. The van der Waals surface area contributed by atoms with Crippen molar-refractivity contribution in [2.24, 2.45) is 40.9 Å². The van der Waals surface area contributed by atoms with Crippen molar-refractivity contribution in [2.45, 2.75) is 106 Å². The molecule has 0 aromatic heterocycles. The summed E-state index contributed by atoms with van der Waals surface area (Å²) in [6.45, 7) is 19.7. The van der Waals surface area contributed by atoms with Crippen LogP contribution in [0.2, 0.25) is 0 Å². The fourth-order valence-corrected chi connectivity index (χ4v) is 6.69. The zero-order valence-electron chi connectivity index (χ0n) is 23.3. The Morgan fingerprint density at radius 1 is 1.11 bits per heavy atom. The molecule has 3 rings (SSSR count). The molecular formula is C32H50O3. The molecule has 3 saturated carbocycles. The van der Waals surface area contributed by atoms with Crippen LogP contribution in [0.5, 0.6) is 0 Å². The third kappa shape index (κ3) is 6.40. The summed E-state index contributed by atoms with van der Waals surface area (Å²) in [7, 11) is 0. The predicted octanol–water partition coefficient (Wildman–Crippen LogP) is 7.82. The minimum Gasteiger partial charge on any atom is -0.462 e. The van der Waals surface area contributed by atoms with Gasteiger partial charge in [-0.15, -0.1) is 0 Å². The highest BCUT2D eigenvalue weighted by Gasteiger charge is 2.50. The van der Waals surface area contributed by atoms with Gasteiger partial charge in [0.25, 0.3) is 0 Å². The number of fused-ring (bicyclic) bond motifs is 1. The Balaban J connectivity index is 1.75. The molecule has 0 bridgehead atoms. The van der Waals surface area contributed by atoms with Crippen LogP contribution >= 0.6 is 0 Å². The molecule has 0 saturated heterocycles. The van der Waals surface area contributed by atoms with Crippen LogP contribution in [-0.2, 0) is 9.53 Å². The monoisotopic (exact) mass is 482 g/mol. The molecule has 3 aliphatic carbocycles. The first-order chi connectivity index (χ1) is 16.4. The molecule has 0 spiro atoms. The van der Waals surface area contributed by atoms with Crippen LogP contribution < -0.4 is 0 Å². The second-order valence-corrected chi connectivity index (χ2v) is 12.6. The summed E-state index contributed by atoms with van der Waals surface area (Å²) >= 11 is 0. The van der Waals surface area contributed by atoms with Crippen molar-refractivity contribution in [3.63, 3.8) is 0 Å². The number of rotatable bonds is 7. The highest BCUT2D eigenvalue weighted by molar-refractivity contribution is 5.71. The summed E-state index contributed by atoms with van der Waals surface area (Å²) in [4.78, 5) is 12.1. The van der Waals surface area contributed by atoms with Gasteiger partial charge >= 0.3 is 5.97 Å². The van der Waals surface area contributed by atoms with Crippen LogP contribution in [-0.4, -0.2) is 23.3 Å². The van der Waals surface area contributed by atoms with Gasteiger partial charge in [0.05, 0.1) is 12.0 Å². The Kier molecular flexibility index (Phi) is 9.29. The summed E-state index contributed by atoms with van der Waals surface area (Å²) in [5.74, 6) is 2.92. The van der Waals surface area contributed by atoms with Gasteiger partial charge in [-0.3, -0.25) is 4.79 Å². The number of hydrogen-bond donors (Lipinski definition) is 1. The van der Waals surface area contributed by atoms with Gasteiger partial charge in [-0.2, -0.15) is 0 Å². The molecule has 35 heavy (non-hydrogen) atoms. The van der Waals surface area contributed by atoms with Crippen LogP contribution in [0.1, 0.15) is 93.4 Å². The third-order valence-electron chi connectivity index (χ3n) is 9.44. The summed E-state index contributed by atoms with van der Waals surface area (Å²) in [6.07, 6.45) is 15.9. The minimum absolute atomic E-state index is 0.159. The highest BCUT2D eigenvalue weighted by Crippen LogP contribution is 2.59. The van der Waals surface area contributed by atoms with Gasteiger partial charge in [0.15, 0.2) is 0 Å². The Morgan fingerprint density at radius 2 is 1.83 bits per heavy atom. The first-order valence-corrected chi connectivity index (χ1v) is 14.1. The van der Waals surface area contributed by atoms with Gasteiger partial charge in [0.2, 0.25) is 0 Å². The fraction of sp³-hybridized carbons (Fsp3) is 0.719. The van der Waals surface area contributed by atoms with E-state index in [0.29, 0.717) is 41.9 Å². The molecule has 0 amide bonds. The van der Waals surface area contributed by atoms with Crippen LogP contribution in [0.25, 0.3) is 0 Å². The van der Waals surface area contributed by atoms with E-state index in [4.69, 9.17) is 4.74 Å². The lowest BCUT2D eigenvalue weighted by Crippen LogP contribution is -2.35. The summed E-state index contributed by atoms with van der Waals surface area (Å²) in [6, 6.07) is 0. The van der Waals surface area contributed by atoms with Crippen molar-refractivity contribution in [1.29, 1.82) is 0 Å². The van der Waals surface area contributed by atoms with E-state index in [1.165, 1.54) is 25.7 Å². The number of hydrogen-bond acceptors (Lipinski definition) is 3. The van der Waals surface area contributed by atoms with Gasteiger partial charge in [-0.25, -0.2) is 0 Å². The maximum absolute atomic E-state index is 12.1. The van der Waals surface area contributed by atoms with E-state index in [-0.39, 0.29) is 18.0 Å². The number of esters is 1. The number of aliphatic hydroxyl groups is 1. The Labute approximate surface area is 214 Å². The van der Waals surface area contributed by atoms with E-state index in [1.807, 2.05) is 13.8 Å². The summed E-state index contributed by atoms with van der Waals surface area (Å²) < 4.78 is 5.67. The number of ether oxygens (including phenoxy) is 1. The lowest BCUT2D eigenvalue weighted by Gasteiger charge is -2.44. The van der Waals surface area contributed by atoms with Crippen molar-refractivity contribution in [1.82, 2.24) is 0 Å². The first kappa shape index (κ1) is 28.0. The van der Waals surface area contributed by atoms with Crippen molar-refractivity contribution in [3.05, 3.63) is 47.6 Å². The number of carbonyl (C=O) groups excluding carboxylic acids is 1. The molecule has 3 heteroatoms. The summed E-state index contributed by atoms with van der Waals surface area (Å²) in [5.41, 5.74) is 3.72. The smallest absolute Gasteiger partial charge is 0.308 e. The Bertz CT molecular complexity index is 860. The van der Waals surface area contributed by atoms with Gasteiger partial charge in [-0.05, 0) is 78.3 Å². The number of carbonyl (C=O) groups is 1. The first-order valence-electron chi connectivity index (χ1n) is 14.1. The highest BCUT2D eigenvalue weighted by atomic mass is 16.5. The normalized spacial score (nSPS) is 35.8. The lowest BCUT2D eigenvalue weighted by atomic mass is 9.61. The second-order valence-electron chi connectivity index (χ2n) is 12.6. The van der Waals surface area contributed by atoms with Gasteiger partial charge in [-0.1, -0.05) is 84.9 Å². The maximum Gasteiger partial charge on any atom is 0.308 e. The van der Waals surface area contributed by atoms with Crippen LogP contribution in [0.3, 0.4) is 0 Å². The molecular weight excluding hydrogens is 432 g/mol. The molecule has 0 radical (unpaired) electrons. The van der Waals surface area contributed by atoms with E-state index in [0.717, 1.165) is 23.5 Å². The molecule has 3 nitrogen and oxygen atoms in total. The largest absolute Gasteiger partial charge is 0.462 e. The van der Waals surface area contributed by atoms with Gasteiger partial charge in [0, 0.05) is 12.8 Å². The Morgan fingerprint density at radius 3 is 2.49 bits per heavy atom. The number of allylic oxidation sites excluding steroid dienone is 5. The topological polar surface area (TPSA) is 46.5 Å². The van der Waals surface area contributed by atoms with E-state index < -0.39 is 6.10 Å². The van der Waals surface area contributed by atoms with Crippen LogP contribution in [0.4, 0.5) is 0 Å². The van der Waals surface area contributed by atoms with Gasteiger partial charge in [0.1, 0.15) is 6.10 Å². The van der Waals surface area contributed by atoms with Crippen molar-refractivity contribution < 1.29 is 14.6 Å². The third-order valence-corrected chi connectivity index (χ3v) is 9.44. The Hall–Kier alpha value is -1.61. The molecule has 3 aliphatic rings. The van der Waals surface area contributed by atoms with E-state index in [2.05, 4.69) is 65.5 Å². The quantitative estimate of drug-likeness (QED) is 0.297. The minimum atomic E-state index is -0.647. The molecule has 3 fully saturated rings. The van der Waals surface area contributed by atoms with Crippen LogP contribution in [0.15, 0.2) is 47.6 Å². The molecule has 0 aliphatic heterocycles. The van der Waals surface area contributed by atoms with E-state index >= 15 is 0 Å².